The molecule has 0 unspecified atom stereocenters. The zero-order valence-corrected chi connectivity index (χ0v) is 26.7. The number of aromatic nitrogens is 2. The van der Waals surface area contributed by atoms with Gasteiger partial charge in [0.1, 0.15) is 6.07 Å². The first-order valence-corrected chi connectivity index (χ1v) is 16.3. The average Bonchev–Trinajstić information content (AvgIpc) is 3.70. The summed E-state index contributed by atoms with van der Waals surface area (Å²) in [7, 11) is 0. The van der Waals surface area contributed by atoms with Gasteiger partial charge in [0.15, 0.2) is 0 Å². The molecule has 0 fully saturated rings. The van der Waals surface area contributed by atoms with Crippen LogP contribution in [0.1, 0.15) is 16.7 Å². The average molecular weight is 636 g/mol. The Morgan fingerprint density at radius 3 is 1.52 bits per heavy atom. The summed E-state index contributed by atoms with van der Waals surface area (Å²) in [6.07, 6.45) is 0. The molecule has 0 atom stereocenters. The van der Waals surface area contributed by atoms with E-state index in [9.17, 15) is 15.8 Å². The Kier molecular flexibility index (Phi) is 6.56. The zero-order valence-electron chi connectivity index (χ0n) is 26.7. The molecule has 0 aliphatic rings. The Bertz CT molecular complexity index is 2920. The molecule has 0 bridgehead atoms. The highest BCUT2D eigenvalue weighted by Gasteiger charge is 2.20. The third-order valence-electron chi connectivity index (χ3n) is 9.64. The van der Waals surface area contributed by atoms with Crippen LogP contribution in [0.5, 0.6) is 0 Å². The Morgan fingerprint density at radius 1 is 0.360 bits per heavy atom. The quantitative estimate of drug-likeness (QED) is 0.193. The summed E-state index contributed by atoms with van der Waals surface area (Å²) in [6, 6.07) is 57.8. The van der Waals surface area contributed by atoms with Crippen LogP contribution in [0.3, 0.4) is 0 Å². The van der Waals surface area contributed by atoms with Crippen LogP contribution in [0.25, 0.3) is 77.2 Å². The van der Waals surface area contributed by atoms with Gasteiger partial charge in [-0.05, 0) is 77.4 Å². The van der Waals surface area contributed by atoms with Crippen LogP contribution in [0.4, 0.5) is 0 Å². The van der Waals surface area contributed by atoms with Crippen molar-refractivity contribution < 1.29 is 0 Å². The third-order valence-corrected chi connectivity index (χ3v) is 9.64. The Labute approximate surface area is 287 Å². The fraction of sp³-hybridized carbons (Fsp3) is 0. The van der Waals surface area contributed by atoms with E-state index in [2.05, 4.69) is 81.9 Å². The molecule has 0 aliphatic heterocycles. The van der Waals surface area contributed by atoms with E-state index in [0.717, 1.165) is 77.2 Å². The van der Waals surface area contributed by atoms with Gasteiger partial charge in [-0.15, -0.1) is 0 Å². The smallest absolute Gasteiger partial charge is 0.101 e. The minimum Gasteiger partial charge on any atom is -0.309 e. The molecular weight excluding hydrogens is 611 g/mol. The molecule has 0 saturated carbocycles. The summed E-state index contributed by atoms with van der Waals surface area (Å²) in [5, 5.41) is 34.4. The molecule has 7 aromatic carbocycles. The molecule has 0 amide bonds. The van der Waals surface area contributed by atoms with Crippen molar-refractivity contribution in [2.75, 3.05) is 0 Å². The van der Waals surface area contributed by atoms with E-state index in [1.165, 1.54) is 0 Å². The number of rotatable bonds is 4. The molecule has 5 heteroatoms. The van der Waals surface area contributed by atoms with E-state index in [1.807, 2.05) is 97.1 Å². The van der Waals surface area contributed by atoms with E-state index in [1.54, 1.807) is 0 Å². The first kappa shape index (κ1) is 28.8. The van der Waals surface area contributed by atoms with Gasteiger partial charge in [-0.2, -0.15) is 15.8 Å². The second kappa shape index (κ2) is 11.4. The van der Waals surface area contributed by atoms with Gasteiger partial charge in [-0.3, -0.25) is 0 Å². The van der Waals surface area contributed by atoms with Crippen molar-refractivity contribution in [2.45, 2.75) is 0 Å². The van der Waals surface area contributed by atoms with Crippen molar-refractivity contribution in [1.82, 2.24) is 9.13 Å². The maximum absolute atomic E-state index is 10.3. The van der Waals surface area contributed by atoms with Crippen LogP contribution in [0.15, 0.2) is 152 Å². The van der Waals surface area contributed by atoms with Gasteiger partial charge in [-0.25, -0.2) is 0 Å². The van der Waals surface area contributed by atoms with Gasteiger partial charge in [0.25, 0.3) is 0 Å². The molecule has 0 spiro atoms. The number of nitrogens with zero attached hydrogens (tertiary/aromatic N) is 5. The predicted molar refractivity (Wildman–Crippen MR) is 200 cm³/mol. The first-order chi connectivity index (χ1) is 24.7. The number of hydrogen-bond donors (Lipinski definition) is 0. The van der Waals surface area contributed by atoms with Crippen LogP contribution >= 0.6 is 0 Å². The molecule has 0 radical (unpaired) electrons. The standard InChI is InChI=1S/C45H25N5/c46-26-29-18-22-43-39(23-29)37-13-5-8-16-42(37)50(43)45-24-30(27-47)17-21-38(45)34-10-2-1-9-33(34)31-19-20-32(28-48)44(25-31)49-40-14-6-3-11-35(40)36-12-4-7-15-41(36)49/h1-25H. The highest BCUT2D eigenvalue weighted by atomic mass is 15.0. The molecule has 5 nitrogen and oxygen atoms in total. The lowest BCUT2D eigenvalue weighted by Gasteiger charge is -2.18. The van der Waals surface area contributed by atoms with E-state index < -0.39 is 0 Å². The molecule has 9 aromatic rings. The van der Waals surface area contributed by atoms with Crippen molar-refractivity contribution in [3.05, 3.63) is 168 Å². The second-order valence-corrected chi connectivity index (χ2v) is 12.3. The number of benzene rings is 7. The SMILES string of the molecule is N#Cc1ccc(-c2ccccc2-c2ccc(C#N)c(-n3c4ccccc4c4ccccc43)c2)c(-n2c3ccccc3c3cc(C#N)ccc32)c1. The largest absolute Gasteiger partial charge is 0.309 e. The number of para-hydroxylation sites is 3. The first-order valence-electron chi connectivity index (χ1n) is 16.3. The van der Waals surface area contributed by atoms with Crippen LogP contribution < -0.4 is 0 Å². The van der Waals surface area contributed by atoms with Crippen molar-refractivity contribution >= 4 is 43.6 Å². The second-order valence-electron chi connectivity index (χ2n) is 12.3. The third kappa shape index (κ3) is 4.31. The molecule has 50 heavy (non-hydrogen) atoms. The topological polar surface area (TPSA) is 81.2 Å². The summed E-state index contributed by atoms with van der Waals surface area (Å²) in [5.41, 5.74) is 11.3. The van der Waals surface area contributed by atoms with Crippen LogP contribution in [-0.4, -0.2) is 9.13 Å². The summed E-state index contributed by atoms with van der Waals surface area (Å²) in [5.74, 6) is 0. The molecule has 2 aromatic heterocycles. The van der Waals surface area contributed by atoms with Gasteiger partial charge in [0, 0.05) is 27.1 Å². The molecule has 0 saturated heterocycles. The molecule has 0 N–H and O–H groups in total. The van der Waals surface area contributed by atoms with E-state index in [4.69, 9.17) is 0 Å². The lowest BCUT2D eigenvalue weighted by Crippen LogP contribution is -2.00. The van der Waals surface area contributed by atoms with Crippen molar-refractivity contribution in [3.8, 4) is 51.8 Å². The molecule has 2 heterocycles. The van der Waals surface area contributed by atoms with Gasteiger partial charge in [0.05, 0.1) is 62.3 Å². The van der Waals surface area contributed by atoms with Crippen molar-refractivity contribution in [2.24, 2.45) is 0 Å². The van der Waals surface area contributed by atoms with Gasteiger partial charge in [0.2, 0.25) is 0 Å². The maximum atomic E-state index is 10.3. The minimum atomic E-state index is 0.549. The molecule has 0 aliphatic carbocycles. The lowest BCUT2D eigenvalue weighted by molar-refractivity contribution is 1.17. The number of fused-ring (bicyclic) bond motifs is 6. The normalized spacial score (nSPS) is 11.1. The fourth-order valence-corrected chi connectivity index (χ4v) is 7.45. The molecule has 230 valence electrons. The van der Waals surface area contributed by atoms with Gasteiger partial charge < -0.3 is 9.13 Å². The van der Waals surface area contributed by atoms with Crippen LogP contribution in [0.2, 0.25) is 0 Å². The van der Waals surface area contributed by atoms with E-state index in [-0.39, 0.29) is 0 Å². The fourth-order valence-electron chi connectivity index (χ4n) is 7.45. The summed E-state index contributed by atoms with van der Waals surface area (Å²) < 4.78 is 4.39. The van der Waals surface area contributed by atoms with Crippen LogP contribution in [0, 0.1) is 34.0 Å². The summed E-state index contributed by atoms with van der Waals surface area (Å²) in [6.45, 7) is 0. The summed E-state index contributed by atoms with van der Waals surface area (Å²) in [4.78, 5) is 0. The highest BCUT2D eigenvalue weighted by molar-refractivity contribution is 6.11. The van der Waals surface area contributed by atoms with Crippen molar-refractivity contribution in [3.63, 3.8) is 0 Å². The minimum absolute atomic E-state index is 0.549. The highest BCUT2D eigenvalue weighted by Crippen LogP contribution is 2.41. The summed E-state index contributed by atoms with van der Waals surface area (Å²) >= 11 is 0. The molecule has 9 rings (SSSR count). The number of hydrogen-bond acceptors (Lipinski definition) is 3. The predicted octanol–water partition coefficient (Wildman–Crippen LogP) is 10.8. The Hall–Kier alpha value is -7.39. The monoisotopic (exact) mass is 635 g/mol. The molecular formula is C45H25N5. The van der Waals surface area contributed by atoms with Crippen LogP contribution in [-0.2, 0) is 0 Å². The number of nitriles is 3. The maximum Gasteiger partial charge on any atom is 0.101 e. The zero-order chi connectivity index (χ0) is 33.8. The van der Waals surface area contributed by atoms with Gasteiger partial charge in [-0.1, -0.05) is 91.0 Å². The Balaban J connectivity index is 1.31. The lowest BCUT2D eigenvalue weighted by atomic mass is 9.92. The van der Waals surface area contributed by atoms with Crippen molar-refractivity contribution in [1.29, 1.82) is 15.8 Å². The van der Waals surface area contributed by atoms with Gasteiger partial charge >= 0.3 is 0 Å². The Morgan fingerprint density at radius 2 is 0.880 bits per heavy atom. The van der Waals surface area contributed by atoms with E-state index in [0.29, 0.717) is 16.7 Å². The van der Waals surface area contributed by atoms with E-state index >= 15 is 0 Å².